The monoisotopic (exact) mass is 658 g/mol. The molecular formula is C36H35BrO7. The molecule has 0 bridgehead atoms. The Kier molecular flexibility index (Phi) is 9.07. The summed E-state index contributed by atoms with van der Waals surface area (Å²) in [5.74, 6) is 3.36. The van der Waals surface area contributed by atoms with Crippen molar-refractivity contribution in [3.63, 3.8) is 0 Å². The lowest BCUT2D eigenvalue weighted by molar-refractivity contribution is -0.117. The molecule has 3 aromatic carbocycles. The molecule has 2 aliphatic carbocycles. The predicted octanol–water partition coefficient (Wildman–Crippen LogP) is 8.14. The molecule has 0 aromatic heterocycles. The van der Waals surface area contributed by atoms with E-state index in [-0.39, 0.29) is 18.2 Å². The Bertz CT molecular complexity index is 1600. The Morgan fingerprint density at radius 3 is 2.09 bits per heavy atom. The number of carbonyl (C=O) groups is 2. The quantitative estimate of drug-likeness (QED) is 0.217. The normalized spacial score (nSPS) is 16.7. The fourth-order valence-electron chi connectivity index (χ4n) is 6.12. The van der Waals surface area contributed by atoms with E-state index in [0.717, 1.165) is 29.5 Å². The number of rotatable bonds is 10. The van der Waals surface area contributed by atoms with Gasteiger partial charge in [-0.25, -0.2) is 0 Å². The fourth-order valence-corrected chi connectivity index (χ4v) is 6.69. The van der Waals surface area contributed by atoms with E-state index in [9.17, 15) is 9.59 Å². The number of ether oxygens (including phenoxy) is 5. The Balaban J connectivity index is 1.27. The van der Waals surface area contributed by atoms with E-state index in [2.05, 4.69) is 15.9 Å². The van der Waals surface area contributed by atoms with E-state index in [4.69, 9.17) is 23.7 Å². The average Bonchev–Trinajstić information content (AvgIpc) is 3.03. The van der Waals surface area contributed by atoms with Gasteiger partial charge in [0.1, 0.15) is 24.7 Å². The number of hydrogen-bond acceptors (Lipinski definition) is 7. The van der Waals surface area contributed by atoms with Crippen molar-refractivity contribution in [3.8, 4) is 23.0 Å². The second-order valence-corrected chi connectivity index (χ2v) is 11.9. The number of Topliss-reactive ketones (excluding diaryl/α,β-unsaturated/α-hetero) is 2. The van der Waals surface area contributed by atoms with E-state index in [1.54, 1.807) is 7.11 Å². The van der Waals surface area contributed by atoms with E-state index < -0.39 is 5.92 Å². The first-order valence-electron chi connectivity index (χ1n) is 15.1. The van der Waals surface area contributed by atoms with Crippen LogP contribution in [-0.4, -0.2) is 25.3 Å². The molecule has 0 radical (unpaired) electrons. The molecule has 228 valence electrons. The molecule has 6 rings (SSSR count). The Morgan fingerprint density at radius 1 is 0.750 bits per heavy atom. The minimum atomic E-state index is -0.480. The molecule has 7 nitrogen and oxygen atoms in total. The Morgan fingerprint density at radius 2 is 1.43 bits per heavy atom. The summed E-state index contributed by atoms with van der Waals surface area (Å²) >= 11 is 3.71. The zero-order valence-electron chi connectivity index (χ0n) is 25.0. The lowest BCUT2D eigenvalue weighted by atomic mass is 9.73. The highest BCUT2D eigenvalue weighted by Crippen LogP contribution is 2.50. The van der Waals surface area contributed by atoms with Gasteiger partial charge in [0.2, 0.25) is 0 Å². The van der Waals surface area contributed by atoms with E-state index in [1.165, 1.54) is 0 Å². The van der Waals surface area contributed by atoms with Gasteiger partial charge in [-0.3, -0.25) is 9.59 Å². The van der Waals surface area contributed by atoms with Crippen molar-refractivity contribution in [1.29, 1.82) is 0 Å². The van der Waals surface area contributed by atoms with Gasteiger partial charge in [0.05, 0.1) is 18.2 Å². The maximum absolute atomic E-state index is 13.2. The number of halogens is 1. The van der Waals surface area contributed by atoms with Crippen molar-refractivity contribution in [1.82, 2.24) is 0 Å². The van der Waals surface area contributed by atoms with Gasteiger partial charge >= 0.3 is 0 Å². The number of hydrogen-bond donors (Lipinski definition) is 0. The van der Waals surface area contributed by atoms with Crippen LogP contribution in [0.15, 0.2) is 87.8 Å². The number of carbonyl (C=O) groups excluding carboxylic acids is 2. The largest absolute Gasteiger partial charge is 0.493 e. The van der Waals surface area contributed by atoms with E-state index >= 15 is 0 Å². The van der Waals surface area contributed by atoms with Crippen LogP contribution in [0.5, 0.6) is 23.0 Å². The SMILES string of the molecule is CCOc1cc(C2C3=C(CCCC3=O)OC3=C2C(=O)CCC3)cc(Br)c1OCc1ccc(OCc2ccccc2)c(OC)c1. The maximum atomic E-state index is 13.2. The summed E-state index contributed by atoms with van der Waals surface area (Å²) in [6.45, 7) is 3.02. The predicted molar refractivity (Wildman–Crippen MR) is 169 cm³/mol. The smallest absolute Gasteiger partial charge is 0.175 e. The van der Waals surface area contributed by atoms with Crippen LogP contribution in [0.2, 0.25) is 0 Å². The molecule has 8 heteroatoms. The third-order valence-electron chi connectivity index (χ3n) is 8.15. The molecule has 0 saturated heterocycles. The highest BCUT2D eigenvalue weighted by atomic mass is 79.9. The van der Waals surface area contributed by atoms with Gasteiger partial charge in [0.15, 0.2) is 34.6 Å². The first kappa shape index (κ1) is 30.0. The van der Waals surface area contributed by atoms with Gasteiger partial charge in [-0.15, -0.1) is 0 Å². The van der Waals surface area contributed by atoms with Crippen LogP contribution in [0.4, 0.5) is 0 Å². The molecule has 3 aromatic rings. The summed E-state index contributed by atoms with van der Waals surface area (Å²) in [6.07, 6.45) is 3.82. The van der Waals surface area contributed by atoms with Crippen molar-refractivity contribution in [2.75, 3.05) is 13.7 Å². The molecule has 0 N–H and O–H groups in total. The molecule has 3 aliphatic rings. The van der Waals surface area contributed by atoms with Gasteiger partial charge in [-0.2, -0.15) is 0 Å². The van der Waals surface area contributed by atoms with Crippen molar-refractivity contribution < 1.29 is 33.3 Å². The van der Waals surface area contributed by atoms with Crippen molar-refractivity contribution >= 4 is 27.5 Å². The summed E-state index contributed by atoms with van der Waals surface area (Å²) in [5.41, 5.74) is 3.98. The number of allylic oxidation sites excluding steroid dienone is 4. The third-order valence-corrected chi connectivity index (χ3v) is 8.74. The third kappa shape index (κ3) is 6.13. The molecule has 0 amide bonds. The molecule has 0 unspecified atom stereocenters. The van der Waals surface area contributed by atoms with Crippen molar-refractivity contribution in [2.24, 2.45) is 0 Å². The number of methoxy groups -OCH3 is 1. The van der Waals surface area contributed by atoms with Crippen LogP contribution in [0.3, 0.4) is 0 Å². The van der Waals surface area contributed by atoms with Crippen LogP contribution in [-0.2, 0) is 27.5 Å². The lowest BCUT2D eigenvalue weighted by Crippen LogP contribution is -2.30. The summed E-state index contributed by atoms with van der Waals surface area (Å²) in [7, 11) is 1.62. The van der Waals surface area contributed by atoms with E-state index in [0.29, 0.717) is 89.0 Å². The highest BCUT2D eigenvalue weighted by Gasteiger charge is 2.42. The van der Waals surface area contributed by atoms with E-state index in [1.807, 2.05) is 67.6 Å². The van der Waals surface area contributed by atoms with Gasteiger partial charge in [0, 0.05) is 42.7 Å². The van der Waals surface area contributed by atoms with Crippen LogP contribution >= 0.6 is 15.9 Å². The second-order valence-electron chi connectivity index (χ2n) is 11.1. The number of benzene rings is 3. The van der Waals surface area contributed by atoms with Crippen molar-refractivity contribution in [3.05, 3.63) is 104 Å². The van der Waals surface area contributed by atoms with Gasteiger partial charge in [-0.05, 0) is 76.7 Å². The first-order chi connectivity index (χ1) is 21.5. The van der Waals surface area contributed by atoms with Gasteiger partial charge in [0.25, 0.3) is 0 Å². The summed E-state index contributed by atoms with van der Waals surface area (Å²) in [6, 6.07) is 19.5. The topological polar surface area (TPSA) is 80.3 Å². The zero-order chi connectivity index (χ0) is 30.6. The van der Waals surface area contributed by atoms with Crippen LogP contribution in [0.25, 0.3) is 0 Å². The minimum absolute atomic E-state index is 0.0423. The van der Waals surface area contributed by atoms with Gasteiger partial charge in [-0.1, -0.05) is 36.4 Å². The molecule has 0 fully saturated rings. The molecule has 0 atom stereocenters. The van der Waals surface area contributed by atoms with Crippen LogP contribution in [0.1, 0.15) is 68.1 Å². The summed E-state index contributed by atoms with van der Waals surface area (Å²) in [5, 5.41) is 0. The Hall–Kier alpha value is -4.04. The minimum Gasteiger partial charge on any atom is -0.493 e. The van der Waals surface area contributed by atoms with Crippen LogP contribution in [0, 0.1) is 0 Å². The van der Waals surface area contributed by atoms with Gasteiger partial charge < -0.3 is 23.7 Å². The average molecular weight is 660 g/mol. The summed E-state index contributed by atoms with van der Waals surface area (Å²) in [4.78, 5) is 26.5. The van der Waals surface area contributed by atoms with Crippen LogP contribution < -0.4 is 18.9 Å². The lowest BCUT2D eigenvalue weighted by Gasteiger charge is -2.36. The highest BCUT2D eigenvalue weighted by molar-refractivity contribution is 9.10. The second kappa shape index (κ2) is 13.3. The number of ketones is 2. The van der Waals surface area contributed by atoms with Crippen molar-refractivity contribution in [2.45, 2.75) is 64.6 Å². The molecule has 0 spiro atoms. The molecule has 44 heavy (non-hydrogen) atoms. The first-order valence-corrected chi connectivity index (χ1v) is 15.9. The summed E-state index contributed by atoms with van der Waals surface area (Å²) < 4.78 is 30.9. The molecule has 1 heterocycles. The fraction of sp³-hybridized carbons (Fsp3) is 0.333. The Labute approximate surface area is 265 Å². The molecule has 1 aliphatic heterocycles. The molecule has 0 saturated carbocycles. The zero-order valence-corrected chi connectivity index (χ0v) is 26.5. The molecular weight excluding hydrogens is 624 g/mol. The standard InChI is InChI=1S/C36H35BrO7/c1-3-41-32-19-24(33-34-26(38)11-7-13-29(34)44-30-14-8-12-27(39)35(30)33)18-25(37)36(32)43-21-23-15-16-28(31(17-23)40-2)42-20-22-9-5-4-6-10-22/h4-6,9-10,15-19,33H,3,7-8,11-14,20-21H2,1-2H3. The maximum Gasteiger partial charge on any atom is 0.175 e.